The third-order valence-corrected chi connectivity index (χ3v) is 4.54. The summed E-state index contributed by atoms with van der Waals surface area (Å²) < 4.78 is 5.47. The van der Waals surface area contributed by atoms with Gasteiger partial charge in [0.1, 0.15) is 16.8 Å². The minimum Gasteiger partial charge on any atom is -0.493 e. The third kappa shape index (κ3) is 4.00. The number of anilines is 1. The highest BCUT2D eigenvalue weighted by Crippen LogP contribution is 2.31. The Kier molecular flexibility index (Phi) is 5.42. The van der Waals surface area contributed by atoms with Crippen LogP contribution in [0.4, 0.5) is 5.00 Å². The van der Waals surface area contributed by atoms with Crippen molar-refractivity contribution in [1.82, 2.24) is 0 Å². The van der Waals surface area contributed by atoms with Crippen molar-refractivity contribution in [3.8, 4) is 11.8 Å². The van der Waals surface area contributed by atoms with Crippen LogP contribution in [-0.4, -0.2) is 12.5 Å². The fourth-order valence-electron chi connectivity index (χ4n) is 1.83. The summed E-state index contributed by atoms with van der Waals surface area (Å²) in [7, 11) is 0. The number of carbonyl (C=O) groups is 1. The van der Waals surface area contributed by atoms with Crippen LogP contribution in [0.1, 0.15) is 22.4 Å². The minimum atomic E-state index is -0.174. The molecule has 2 aromatic rings. The highest BCUT2D eigenvalue weighted by atomic mass is 35.5. The number of halogens is 1. The second kappa shape index (κ2) is 7.30. The molecule has 0 aliphatic heterocycles. The summed E-state index contributed by atoms with van der Waals surface area (Å²) in [6.45, 7) is 4.07. The Bertz CT molecular complexity index is 717. The number of aryl methyl sites for hydroxylation is 1. The van der Waals surface area contributed by atoms with E-state index in [0.29, 0.717) is 21.3 Å². The fourth-order valence-corrected chi connectivity index (χ4v) is 2.98. The van der Waals surface area contributed by atoms with Crippen molar-refractivity contribution in [1.29, 1.82) is 5.26 Å². The zero-order valence-electron chi connectivity index (χ0n) is 12.3. The first kappa shape index (κ1) is 16.3. The van der Waals surface area contributed by atoms with Gasteiger partial charge in [-0.1, -0.05) is 11.6 Å². The number of nitrogens with zero attached hydrogens (tertiary/aromatic N) is 1. The molecule has 0 saturated heterocycles. The monoisotopic (exact) mass is 334 g/mol. The zero-order chi connectivity index (χ0) is 16.1. The molecule has 0 saturated carbocycles. The van der Waals surface area contributed by atoms with E-state index in [1.165, 1.54) is 11.3 Å². The summed E-state index contributed by atoms with van der Waals surface area (Å²) >= 11 is 7.20. The van der Waals surface area contributed by atoms with E-state index >= 15 is 0 Å². The average Bonchev–Trinajstić information content (AvgIpc) is 2.75. The molecular weight excluding hydrogens is 320 g/mol. The standard InChI is InChI=1S/C16H15ClN2O2S/c1-10-11(2)22-16(14(10)9-18)19-15(20)7-8-21-13-5-3-12(17)4-6-13/h3-6H,7-8H2,1-2H3,(H,19,20). The van der Waals surface area contributed by atoms with Gasteiger partial charge in [0.25, 0.3) is 0 Å². The van der Waals surface area contributed by atoms with Gasteiger partial charge in [0, 0.05) is 9.90 Å². The van der Waals surface area contributed by atoms with Crippen molar-refractivity contribution in [3.05, 3.63) is 45.3 Å². The van der Waals surface area contributed by atoms with Gasteiger partial charge in [-0.2, -0.15) is 5.26 Å². The molecular formula is C16H15ClN2O2S. The molecule has 0 atom stereocenters. The van der Waals surface area contributed by atoms with E-state index in [9.17, 15) is 4.79 Å². The Morgan fingerprint density at radius 1 is 1.36 bits per heavy atom. The molecule has 0 bridgehead atoms. The molecule has 0 spiro atoms. The molecule has 1 heterocycles. The predicted octanol–water partition coefficient (Wildman–Crippen LogP) is 4.30. The smallest absolute Gasteiger partial charge is 0.228 e. The van der Waals surface area contributed by atoms with Crippen LogP contribution in [0.3, 0.4) is 0 Å². The van der Waals surface area contributed by atoms with Crippen LogP contribution in [0, 0.1) is 25.2 Å². The first-order valence-electron chi connectivity index (χ1n) is 6.69. The second-order valence-electron chi connectivity index (χ2n) is 4.70. The SMILES string of the molecule is Cc1sc(NC(=O)CCOc2ccc(Cl)cc2)c(C#N)c1C. The molecule has 4 nitrogen and oxygen atoms in total. The number of hydrogen-bond acceptors (Lipinski definition) is 4. The lowest BCUT2D eigenvalue weighted by atomic mass is 10.2. The van der Waals surface area contributed by atoms with Crippen molar-refractivity contribution in [2.75, 3.05) is 11.9 Å². The van der Waals surface area contributed by atoms with E-state index in [1.807, 2.05) is 13.8 Å². The van der Waals surface area contributed by atoms with Gasteiger partial charge in [-0.05, 0) is 43.7 Å². The van der Waals surface area contributed by atoms with E-state index in [1.54, 1.807) is 24.3 Å². The van der Waals surface area contributed by atoms with Gasteiger partial charge in [-0.25, -0.2) is 0 Å². The van der Waals surface area contributed by atoms with Crippen LogP contribution in [0.2, 0.25) is 5.02 Å². The van der Waals surface area contributed by atoms with Gasteiger partial charge >= 0.3 is 0 Å². The lowest BCUT2D eigenvalue weighted by Gasteiger charge is -2.06. The number of carbonyl (C=O) groups excluding carboxylic acids is 1. The first-order chi connectivity index (χ1) is 10.5. The van der Waals surface area contributed by atoms with E-state index in [0.717, 1.165) is 10.4 Å². The Morgan fingerprint density at radius 3 is 2.68 bits per heavy atom. The molecule has 0 fully saturated rings. The normalized spacial score (nSPS) is 10.1. The van der Waals surface area contributed by atoms with Gasteiger partial charge in [-0.3, -0.25) is 4.79 Å². The number of amides is 1. The number of thiophene rings is 1. The minimum absolute atomic E-state index is 0.174. The molecule has 0 aliphatic rings. The zero-order valence-corrected chi connectivity index (χ0v) is 13.8. The van der Waals surface area contributed by atoms with Crippen molar-refractivity contribution >= 4 is 33.8 Å². The van der Waals surface area contributed by atoms with Crippen LogP contribution in [0.15, 0.2) is 24.3 Å². The van der Waals surface area contributed by atoms with Crippen molar-refractivity contribution in [3.63, 3.8) is 0 Å². The number of nitrogens with one attached hydrogen (secondary N) is 1. The number of nitriles is 1. The third-order valence-electron chi connectivity index (χ3n) is 3.16. The van der Waals surface area contributed by atoms with Crippen LogP contribution in [0.25, 0.3) is 0 Å². The number of rotatable bonds is 5. The molecule has 0 radical (unpaired) electrons. The molecule has 114 valence electrons. The summed E-state index contributed by atoms with van der Waals surface area (Å²) in [6, 6.07) is 9.09. The predicted molar refractivity (Wildman–Crippen MR) is 88.7 cm³/mol. The molecule has 1 aromatic carbocycles. The fraction of sp³-hybridized carbons (Fsp3) is 0.250. The highest BCUT2D eigenvalue weighted by molar-refractivity contribution is 7.16. The van der Waals surface area contributed by atoms with E-state index in [2.05, 4.69) is 11.4 Å². The van der Waals surface area contributed by atoms with Gasteiger partial charge in [0.05, 0.1) is 18.6 Å². The molecule has 1 aromatic heterocycles. The Labute approximate surface area is 138 Å². The van der Waals surface area contributed by atoms with Crippen molar-refractivity contribution < 1.29 is 9.53 Å². The molecule has 1 amide bonds. The second-order valence-corrected chi connectivity index (χ2v) is 6.36. The number of ether oxygens (including phenoxy) is 1. The summed E-state index contributed by atoms with van der Waals surface area (Å²) in [6.07, 6.45) is 0.212. The van der Waals surface area contributed by atoms with Crippen molar-refractivity contribution in [2.45, 2.75) is 20.3 Å². The summed E-state index contributed by atoms with van der Waals surface area (Å²) in [5.41, 5.74) is 1.45. The lowest BCUT2D eigenvalue weighted by molar-refractivity contribution is -0.116. The van der Waals surface area contributed by atoms with Gasteiger partial charge in [-0.15, -0.1) is 11.3 Å². The maximum atomic E-state index is 11.9. The van der Waals surface area contributed by atoms with E-state index in [4.69, 9.17) is 21.6 Å². The topological polar surface area (TPSA) is 62.1 Å². The number of hydrogen-bond donors (Lipinski definition) is 1. The maximum absolute atomic E-state index is 11.9. The van der Waals surface area contributed by atoms with Crippen LogP contribution < -0.4 is 10.1 Å². The largest absolute Gasteiger partial charge is 0.493 e. The molecule has 0 aliphatic carbocycles. The molecule has 1 N–H and O–H groups in total. The van der Waals surface area contributed by atoms with E-state index < -0.39 is 0 Å². The summed E-state index contributed by atoms with van der Waals surface area (Å²) in [4.78, 5) is 13.0. The average molecular weight is 335 g/mol. The first-order valence-corrected chi connectivity index (χ1v) is 7.89. The Balaban J connectivity index is 1.87. The maximum Gasteiger partial charge on any atom is 0.228 e. The van der Waals surface area contributed by atoms with Crippen molar-refractivity contribution in [2.24, 2.45) is 0 Å². The Hall–Kier alpha value is -2.03. The molecule has 2 rings (SSSR count). The van der Waals surface area contributed by atoms with Gasteiger partial charge in [0.15, 0.2) is 0 Å². The van der Waals surface area contributed by atoms with Gasteiger partial charge in [0.2, 0.25) is 5.91 Å². The number of benzene rings is 1. The molecule has 0 unspecified atom stereocenters. The van der Waals surface area contributed by atoms with E-state index in [-0.39, 0.29) is 18.9 Å². The summed E-state index contributed by atoms with van der Waals surface area (Å²) in [5, 5.41) is 13.2. The lowest BCUT2D eigenvalue weighted by Crippen LogP contribution is -2.15. The van der Waals surface area contributed by atoms with Crippen LogP contribution in [-0.2, 0) is 4.79 Å². The quantitative estimate of drug-likeness (QED) is 0.886. The van der Waals surface area contributed by atoms with Gasteiger partial charge < -0.3 is 10.1 Å². The highest BCUT2D eigenvalue weighted by Gasteiger charge is 2.14. The molecule has 6 heteroatoms. The van der Waals surface area contributed by atoms with Crippen LogP contribution >= 0.6 is 22.9 Å². The summed E-state index contributed by atoms with van der Waals surface area (Å²) in [5.74, 6) is 0.490. The molecule has 22 heavy (non-hydrogen) atoms. The Morgan fingerprint density at radius 2 is 2.05 bits per heavy atom. The van der Waals surface area contributed by atoms with Crippen LogP contribution in [0.5, 0.6) is 5.75 Å².